The van der Waals surface area contributed by atoms with Crippen molar-refractivity contribution >= 4 is 16.7 Å². The Morgan fingerprint density at radius 1 is 0.957 bits per heavy atom. The van der Waals surface area contributed by atoms with Gasteiger partial charge >= 0.3 is 0 Å². The summed E-state index contributed by atoms with van der Waals surface area (Å²) >= 11 is 0. The first kappa shape index (κ1) is 14.2. The summed E-state index contributed by atoms with van der Waals surface area (Å²) in [5, 5.41) is 2.68. The van der Waals surface area contributed by atoms with E-state index in [4.69, 9.17) is 5.73 Å². The fraction of sp³-hybridized carbons (Fsp3) is 0.300. The minimum Gasteiger partial charge on any atom is -0.368 e. The van der Waals surface area contributed by atoms with Crippen LogP contribution in [0.4, 0.5) is 5.95 Å². The maximum atomic E-state index is 5.99. The molecule has 1 heterocycles. The molecular formula is C20H21N3. The Kier molecular flexibility index (Phi) is 2.95. The number of nitrogens with two attached hydrogens (primary N) is 1. The summed E-state index contributed by atoms with van der Waals surface area (Å²) in [5.41, 5.74) is 11.9. The molecule has 1 aromatic heterocycles. The van der Waals surface area contributed by atoms with Crippen molar-refractivity contribution in [3.63, 3.8) is 0 Å². The Morgan fingerprint density at radius 3 is 2.43 bits per heavy atom. The van der Waals surface area contributed by atoms with Crippen LogP contribution in [0.2, 0.25) is 0 Å². The second kappa shape index (κ2) is 4.79. The van der Waals surface area contributed by atoms with Crippen LogP contribution in [0.15, 0.2) is 36.4 Å². The molecule has 0 amide bonds. The molecule has 4 rings (SSSR count). The zero-order valence-corrected chi connectivity index (χ0v) is 13.9. The number of benzene rings is 2. The van der Waals surface area contributed by atoms with Gasteiger partial charge in [-0.25, -0.2) is 9.97 Å². The lowest BCUT2D eigenvalue weighted by molar-refractivity contribution is 0.568. The summed E-state index contributed by atoms with van der Waals surface area (Å²) in [6, 6.07) is 13.1. The Bertz CT molecular complexity index is 910. The second-order valence-corrected chi connectivity index (χ2v) is 7.36. The Morgan fingerprint density at radius 2 is 1.70 bits per heavy atom. The van der Waals surface area contributed by atoms with E-state index < -0.39 is 0 Å². The lowest BCUT2D eigenvalue weighted by Crippen LogP contribution is -2.15. The van der Waals surface area contributed by atoms with Gasteiger partial charge in [0.1, 0.15) is 0 Å². The summed E-state index contributed by atoms with van der Waals surface area (Å²) < 4.78 is 0. The van der Waals surface area contributed by atoms with Crippen molar-refractivity contribution < 1.29 is 0 Å². The van der Waals surface area contributed by atoms with Gasteiger partial charge in [-0.05, 0) is 40.8 Å². The largest absolute Gasteiger partial charge is 0.368 e. The van der Waals surface area contributed by atoms with Crippen molar-refractivity contribution in [3.8, 4) is 11.3 Å². The average Bonchev–Trinajstić information content (AvgIpc) is 2.91. The molecule has 1 aliphatic rings. The van der Waals surface area contributed by atoms with Crippen LogP contribution < -0.4 is 5.73 Å². The molecule has 116 valence electrons. The third-order valence-electron chi connectivity index (χ3n) is 4.66. The zero-order valence-electron chi connectivity index (χ0n) is 13.9. The minimum absolute atomic E-state index is 0.0549. The van der Waals surface area contributed by atoms with Crippen LogP contribution in [-0.2, 0) is 18.3 Å². The van der Waals surface area contributed by atoms with Gasteiger partial charge in [0, 0.05) is 11.0 Å². The van der Waals surface area contributed by atoms with Crippen molar-refractivity contribution in [2.24, 2.45) is 0 Å². The second-order valence-electron chi connectivity index (χ2n) is 7.36. The van der Waals surface area contributed by atoms with Gasteiger partial charge in [-0.2, -0.15) is 0 Å². The van der Waals surface area contributed by atoms with Crippen molar-refractivity contribution in [1.29, 1.82) is 0 Å². The highest BCUT2D eigenvalue weighted by molar-refractivity contribution is 6.00. The molecule has 0 spiro atoms. The van der Waals surface area contributed by atoms with Crippen molar-refractivity contribution in [2.75, 3.05) is 5.73 Å². The summed E-state index contributed by atoms with van der Waals surface area (Å²) in [4.78, 5) is 8.94. The van der Waals surface area contributed by atoms with E-state index in [2.05, 4.69) is 67.1 Å². The molecular weight excluding hydrogens is 282 g/mol. The van der Waals surface area contributed by atoms with E-state index in [1.54, 1.807) is 0 Å². The van der Waals surface area contributed by atoms with Gasteiger partial charge in [0.25, 0.3) is 0 Å². The van der Waals surface area contributed by atoms with Crippen LogP contribution in [-0.4, -0.2) is 9.97 Å². The first-order chi connectivity index (χ1) is 10.9. The number of hydrogen-bond donors (Lipinski definition) is 1. The SMILES string of the molecule is CC(C)(C)c1cc(-c2ccc3c4c(cccc24)CC3)nc(N)n1. The summed E-state index contributed by atoms with van der Waals surface area (Å²) in [5.74, 6) is 0.343. The fourth-order valence-corrected chi connectivity index (χ4v) is 3.46. The highest BCUT2D eigenvalue weighted by Crippen LogP contribution is 2.37. The van der Waals surface area contributed by atoms with Gasteiger partial charge in [0.15, 0.2) is 0 Å². The Balaban J connectivity index is 2.00. The van der Waals surface area contributed by atoms with Crippen LogP contribution in [0, 0.1) is 0 Å². The molecule has 1 aliphatic carbocycles. The van der Waals surface area contributed by atoms with Crippen molar-refractivity contribution in [2.45, 2.75) is 39.0 Å². The summed E-state index contributed by atoms with van der Waals surface area (Å²) in [6.45, 7) is 6.43. The van der Waals surface area contributed by atoms with E-state index in [9.17, 15) is 0 Å². The highest BCUT2D eigenvalue weighted by atomic mass is 15.0. The van der Waals surface area contributed by atoms with E-state index in [1.807, 2.05) is 0 Å². The zero-order chi connectivity index (χ0) is 16.2. The standard InChI is InChI=1S/C20H21N3/c1-20(2,3)17-11-16(22-19(21)23-17)14-10-9-13-8-7-12-5-4-6-15(14)18(12)13/h4-6,9-11H,7-8H2,1-3H3,(H2,21,22,23). The van der Waals surface area contributed by atoms with Crippen LogP contribution in [0.1, 0.15) is 37.6 Å². The maximum Gasteiger partial charge on any atom is 0.220 e. The van der Waals surface area contributed by atoms with E-state index in [-0.39, 0.29) is 5.41 Å². The smallest absolute Gasteiger partial charge is 0.220 e. The molecule has 0 fully saturated rings. The van der Waals surface area contributed by atoms with Gasteiger partial charge < -0.3 is 5.73 Å². The van der Waals surface area contributed by atoms with Gasteiger partial charge in [-0.3, -0.25) is 0 Å². The molecule has 0 unspecified atom stereocenters. The molecule has 0 bridgehead atoms. The fourth-order valence-electron chi connectivity index (χ4n) is 3.46. The van der Waals surface area contributed by atoms with Crippen LogP contribution in [0.25, 0.3) is 22.0 Å². The number of nitrogen functional groups attached to an aromatic ring is 1. The molecule has 0 saturated heterocycles. The first-order valence-electron chi connectivity index (χ1n) is 8.12. The Hall–Kier alpha value is -2.42. The molecule has 2 N–H and O–H groups in total. The van der Waals surface area contributed by atoms with Crippen LogP contribution in [0.3, 0.4) is 0 Å². The quantitative estimate of drug-likeness (QED) is 0.730. The molecule has 3 nitrogen and oxygen atoms in total. The Labute approximate surface area is 136 Å². The summed E-state index contributed by atoms with van der Waals surface area (Å²) in [6.07, 6.45) is 2.27. The van der Waals surface area contributed by atoms with Gasteiger partial charge in [0.2, 0.25) is 5.95 Å². The molecule has 0 aliphatic heterocycles. The van der Waals surface area contributed by atoms with E-state index in [1.165, 1.54) is 21.9 Å². The first-order valence-corrected chi connectivity index (χ1v) is 8.12. The van der Waals surface area contributed by atoms with Crippen molar-refractivity contribution in [1.82, 2.24) is 9.97 Å². The number of aryl methyl sites for hydroxylation is 2. The lowest BCUT2D eigenvalue weighted by Gasteiger charge is -2.19. The van der Waals surface area contributed by atoms with Gasteiger partial charge in [-0.1, -0.05) is 51.1 Å². The van der Waals surface area contributed by atoms with E-state index in [0.29, 0.717) is 5.95 Å². The topological polar surface area (TPSA) is 51.8 Å². The van der Waals surface area contributed by atoms with Crippen molar-refractivity contribution in [3.05, 3.63) is 53.2 Å². The molecule has 2 aromatic carbocycles. The number of aromatic nitrogens is 2. The molecule has 0 radical (unpaired) electrons. The molecule has 0 saturated carbocycles. The van der Waals surface area contributed by atoms with Gasteiger partial charge in [-0.15, -0.1) is 0 Å². The minimum atomic E-state index is -0.0549. The number of rotatable bonds is 1. The average molecular weight is 303 g/mol. The normalized spacial score (nSPS) is 13.7. The summed E-state index contributed by atoms with van der Waals surface area (Å²) in [7, 11) is 0. The predicted octanol–water partition coefficient (Wildman–Crippen LogP) is 4.28. The molecule has 23 heavy (non-hydrogen) atoms. The molecule has 3 heteroatoms. The lowest BCUT2D eigenvalue weighted by atomic mass is 9.90. The number of hydrogen-bond acceptors (Lipinski definition) is 3. The predicted molar refractivity (Wildman–Crippen MR) is 95.5 cm³/mol. The van der Waals surface area contributed by atoms with Crippen LogP contribution in [0.5, 0.6) is 0 Å². The van der Waals surface area contributed by atoms with E-state index >= 15 is 0 Å². The third-order valence-corrected chi connectivity index (χ3v) is 4.66. The monoisotopic (exact) mass is 303 g/mol. The number of nitrogens with zero attached hydrogens (tertiary/aromatic N) is 2. The molecule has 0 atom stereocenters. The maximum absolute atomic E-state index is 5.99. The van der Waals surface area contributed by atoms with Crippen LogP contribution >= 0.6 is 0 Å². The number of anilines is 1. The molecule has 3 aromatic rings. The van der Waals surface area contributed by atoms with Gasteiger partial charge in [0.05, 0.1) is 11.4 Å². The third kappa shape index (κ3) is 2.27. The highest BCUT2D eigenvalue weighted by Gasteiger charge is 2.20. The van der Waals surface area contributed by atoms with E-state index in [0.717, 1.165) is 29.8 Å².